The van der Waals surface area contributed by atoms with Crippen LogP contribution in [-0.2, 0) is 6.42 Å². The van der Waals surface area contributed by atoms with E-state index in [4.69, 9.17) is 0 Å². The van der Waals surface area contributed by atoms with E-state index < -0.39 is 0 Å². The molecule has 0 aliphatic heterocycles. The van der Waals surface area contributed by atoms with Crippen LogP contribution in [-0.4, -0.2) is 37.1 Å². The average molecular weight is 262 g/mol. The summed E-state index contributed by atoms with van der Waals surface area (Å²) in [6, 6.07) is 11.3. The van der Waals surface area contributed by atoms with Crippen LogP contribution in [0.1, 0.15) is 39.2 Å². The van der Waals surface area contributed by atoms with E-state index in [1.807, 2.05) is 0 Å². The minimum atomic E-state index is 0.624. The minimum absolute atomic E-state index is 0.624. The topological polar surface area (TPSA) is 15.3 Å². The van der Waals surface area contributed by atoms with Crippen molar-refractivity contribution in [2.24, 2.45) is 0 Å². The second-order valence-corrected chi connectivity index (χ2v) is 5.26. The first-order chi connectivity index (χ1) is 9.26. The standard InChI is InChI=1S/C17H30N2/c1-4-19(5-2)15-9-10-16(3)18-14-13-17-11-7-6-8-12-17/h6-8,11-12,16,18H,4-5,9-10,13-15H2,1-3H3. The summed E-state index contributed by atoms with van der Waals surface area (Å²) in [5.41, 5.74) is 1.42. The lowest BCUT2D eigenvalue weighted by Crippen LogP contribution is -2.30. The van der Waals surface area contributed by atoms with Crippen LogP contribution >= 0.6 is 0 Å². The van der Waals surface area contributed by atoms with Crippen molar-refractivity contribution in [3.05, 3.63) is 35.9 Å². The first-order valence-electron chi connectivity index (χ1n) is 7.75. The summed E-state index contributed by atoms with van der Waals surface area (Å²) in [5.74, 6) is 0. The highest BCUT2D eigenvalue weighted by Gasteiger charge is 2.03. The highest BCUT2D eigenvalue weighted by molar-refractivity contribution is 5.14. The number of rotatable bonds is 10. The molecule has 2 nitrogen and oxygen atoms in total. The zero-order valence-corrected chi connectivity index (χ0v) is 12.9. The largest absolute Gasteiger partial charge is 0.314 e. The molecular formula is C17H30N2. The van der Waals surface area contributed by atoms with Crippen molar-refractivity contribution in [3.63, 3.8) is 0 Å². The predicted octanol–water partition coefficient (Wildman–Crippen LogP) is 3.33. The molecule has 0 fully saturated rings. The summed E-state index contributed by atoms with van der Waals surface area (Å²) in [6.07, 6.45) is 3.69. The van der Waals surface area contributed by atoms with Crippen molar-refractivity contribution in [3.8, 4) is 0 Å². The summed E-state index contributed by atoms with van der Waals surface area (Å²) >= 11 is 0. The van der Waals surface area contributed by atoms with Gasteiger partial charge in [-0.1, -0.05) is 44.2 Å². The Bertz CT molecular complexity index is 306. The summed E-state index contributed by atoms with van der Waals surface area (Å²) in [5, 5.41) is 3.62. The number of hydrogen-bond acceptors (Lipinski definition) is 2. The Hall–Kier alpha value is -0.860. The molecule has 1 atom stereocenters. The van der Waals surface area contributed by atoms with Crippen molar-refractivity contribution in [2.45, 2.75) is 46.1 Å². The highest BCUT2D eigenvalue weighted by atomic mass is 15.1. The predicted molar refractivity (Wildman–Crippen MR) is 84.6 cm³/mol. The Morgan fingerprint density at radius 2 is 1.79 bits per heavy atom. The van der Waals surface area contributed by atoms with Crippen molar-refractivity contribution >= 4 is 0 Å². The van der Waals surface area contributed by atoms with Gasteiger partial charge < -0.3 is 10.2 Å². The minimum Gasteiger partial charge on any atom is -0.314 e. The average Bonchev–Trinajstić information content (AvgIpc) is 2.45. The van der Waals surface area contributed by atoms with E-state index in [9.17, 15) is 0 Å². The van der Waals surface area contributed by atoms with Gasteiger partial charge in [-0.05, 0) is 57.9 Å². The molecule has 0 aliphatic rings. The molecule has 19 heavy (non-hydrogen) atoms. The molecule has 0 saturated carbocycles. The fourth-order valence-corrected chi connectivity index (χ4v) is 2.37. The zero-order valence-electron chi connectivity index (χ0n) is 12.9. The van der Waals surface area contributed by atoms with Gasteiger partial charge >= 0.3 is 0 Å². The van der Waals surface area contributed by atoms with Gasteiger partial charge in [0.2, 0.25) is 0 Å². The molecule has 108 valence electrons. The fourth-order valence-electron chi connectivity index (χ4n) is 2.37. The van der Waals surface area contributed by atoms with Gasteiger partial charge in [-0.15, -0.1) is 0 Å². The summed E-state index contributed by atoms with van der Waals surface area (Å²) in [6.45, 7) is 11.4. The van der Waals surface area contributed by atoms with E-state index in [-0.39, 0.29) is 0 Å². The van der Waals surface area contributed by atoms with Gasteiger partial charge in [-0.25, -0.2) is 0 Å². The molecule has 0 aromatic heterocycles. The quantitative estimate of drug-likeness (QED) is 0.696. The van der Waals surface area contributed by atoms with Crippen LogP contribution in [0, 0.1) is 0 Å². The smallest absolute Gasteiger partial charge is 0.00393 e. The van der Waals surface area contributed by atoms with Crippen molar-refractivity contribution in [1.29, 1.82) is 0 Å². The Kier molecular flexibility index (Phi) is 8.52. The molecule has 0 amide bonds. The molecule has 1 rings (SSSR count). The van der Waals surface area contributed by atoms with Crippen molar-refractivity contribution in [1.82, 2.24) is 10.2 Å². The second kappa shape index (κ2) is 9.99. The lowest BCUT2D eigenvalue weighted by atomic mass is 10.1. The number of nitrogens with zero attached hydrogens (tertiary/aromatic N) is 1. The van der Waals surface area contributed by atoms with E-state index >= 15 is 0 Å². The molecule has 1 aromatic rings. The molecule has 1 N–H and O–H groups in total. The zero-order chi connectivity index (χ0) is 13.9. The van der Waals surface area contributed by atoms with E-state index in [0.717, 1.165) is 13.0 Å². The van der Waals surface area contributed by atoms with Crippen LogP contribution in [0.2, 0.25) is 0 Å². The molecular weight excluding hydrogens is 232 g/mol. The van der Waals surface area contributed by atoms with Crippen molar-refractivity contribution < 1.29 is 0 Å². The van der Waals surface area contributed by atoms with Gasteiger partial charge in [-0.2, -0.15) is 0 Å². The summed E-state index contributed by atoms with van der Waals surface area (Å²) < 4.78 is 0. The molecule has 1 unspecified atom stereocenters. The fraction of sp³-hybridized carbons (Fsp3) is 0.647. The van der Waals surface area contributed by atoms with Gasteiger partial charge in [0.15, 0.2) is 0 Å². The summed E-state index contributed by atoms with van der Waals surface area (Å²) in [4.78, 5) is 2.50. The number of nitrogens with one attached hydrogen (secondary N) is 1. The van der Waals surface area contributed by atoms with Crippen LogP contribution in [0.5, 0.6) is 0 Å². The maximum atomic E-state index is 3.62. The van der Waals surface area contributed by atoms with Crippen LogP contribution in [0.25, 0.3) is 0 Å². The summed E-state index contributed by atoms with van der Waals surface area (Å²) in [7, 11) is 0. The lowest BCUT2D eigenvalue weighted by molar-refractivity contribution is 0.290. The maximum absolute atomic E-state index is 3.62. The van der Waals surface area contributed by atoms with Crippen LogP contribution in [0.4, 0.5) is 0 Å². The maximum Gasteiger partial charge on any atom is 0.00393 e. The normalized spacial score (nSPS) is 12.8. The van der Waals surface area contributed by atoms with Crippen LogP contribution in [0.15, 0.2) is 30.3 Å². The van der Waals surface area contributed by atoms with E-state index in [0.29, 0.717) is 6.04 Å². The number of benzene rings is 1. The monoisotopic (exact) mass is 262 g/mol. The molecule has 0 aliphatic carbocycles. The van der Waals surface area contributed by atoms with Gasteiger partial charge in [0, 0.05) is 6.04 Å². The van der Waals surface area contributed by atoms with Crippen molar-refractivity contribution in [2.75, 3.05) is 26.2 Å². The van der Waals surface area contributed by atoms with E-state index in [2.05, 4.69) is 61.3 Å². The third-order valence-corrected chi connectivity index (χ3v) is 3.76. The van der Waals surface area contributed by atoms with Gasteiger partial charge in [0.1, 0.15) is 0 Å². The van der Waals surface area contributed by atoms with Crippen LogP contribution < -0.4 is 5.32 Å². The SMILES string of the molecule is CCN(CC)CCCC(C)NCCc1ccccc1. The molecule has 0 heterocycles. The third-order valence-electron chi connectivity index (χ3n) is 3.76. The van der Waals surface area contributed by atoms with E-state index in [1.54, 1.807) is 0 Å². The lowest BCUT2D eigenvalue weighted by Gasteiger charge is -2.19. The third kappa shape index (κ3) is 7.34. The molecule has 0 saturated heterocycles. The first-order valence-corrected chi connectivity index (χ1v) is 7.75. The first kappa shape index (κ1) is 16.2. The molecule has 0 spiro atoms. The van der Waals surface area contributed by atoms with Gasteiger partial charge in [0.25, 0.3) is 0 Å². The molecule has 2 heteroatoms. The number of hydrogen-bond donors (Lipinski definition) is 1. The van der Waals surface area contributed by atoms with Crippen LogP contribution in [0.3, 0.4) is 0 Å². The van der Waals surface area contributed by atoms with E-state index in [1.165, 1.54) is 38.0 Å². The molecule has 1 aromatic carbocycles. The Morgan fingerprint density at radius 3 is 2.42 bits per heavy atom. The van der Waals surface area contributed by atoms with Gasteiger partial charge in [-0.3, -0.25) is 0 Å². The Labute approximate surface area is 119 Å². The van der Waals surface area contributed by atoms with Gasteiger partial charge in [0.05, 0.1) is 0 Å². The molecule has 0 radical (unpaired) electrons. The highest BCUT2D eigenvalue weighted by Crippen LogP contribution is 2.01. The Morgan fingerprint density at radius 1 is 1.11 bits per heavy atom. The molecule has 0 bridgehead atoms. The second-order valence-electron chi connectivity index (χ2n) is 5.26. The Balaban J connectivity index is 2.06.